The Morgan fingerprint density at radius 3 is 2.57 bits per heavy atom. The second-order valence-electron chi connectivity index (χ2n) is 4.46. The zero-order valence-corrected chi connectivity index (χ0v) is 14.4. The molecule has 0 aliphatic rings. The largest absolute Gasteiger partial charge is 0.337 e. The van der Waals surface area contributed by atoms with Crippen LogP contribution < -0.4 is 10.6 Å². The average Bonchev–Trinajstić information content (AvgIpc) is 2.53. The molecular formula is C15H14BrN3O3S. The predicted molar refractivity (Wildman–Crippen MR) is 95.0 cm³/mol. The van der Waals surface area contributed by atoms with E-state index in [-0.39, 0.29) is 11.4 Å². The molecule has 0 aliphatic carbocycles. The number of anilines is 1. The van der Waals surface area contributed by atoms with E-state index < -0.39 is 11.0 Å². The van der Waals surface area contributed by atoms with E-state index in [0.717, 1.165) is 9.37 Å². The van der Waals surface area contributed by atoms with Crippen LogP contribution in [0.4, 0.5) is 16.2 Å². The Balaban J connectivity index is 1.77. The molecule has 2 rings (SSSR count). The average molecular weight is 396 g/mol. The summed E-state index contributed by atoms with van der Waals surface area (Å²) in [7, 11) is 0. The SMILES string of the molecule is O=C(NCCSc1ccc(Br)cc1)Nc1ccccc1[N+](=O)[O-]. The number of amides is 2. The van der Waals surface area contributed by atoms with Crippen LogP contribution in [-0.2, 0) is 0 Å². The number of thioether (sulfide) groups is 1. The molecule has 0 spiro atoms. The quantitative estimate of drug-likeness (QED) is 0.331. The number of rotatable bonds is 6. The van der Waals surface area contributed by atoms with Crippen molar-refractivity contribution in [3.63, 3.8) is 0 Å². The van der Waals surface area contributed by atoms with Gasteiger partial charge in [-0.15, -0.1) is 11.8 Å². The van der Waals surface area contributed by atoms with Gasteiger partial charge in [0.2, 0.25) is 0 Å². The lowest BCUT2D eigenvalue weighted by Gasteiger charge is -2.08. The fraction of sp³-hybridized carbons (Fsp3) is 0.133. The third kappa shape index (κ3) is 5.57. The maximum Gasteiger partial charge on any atom is 0.319 e. The van der Waals surface area contributed by atoms with Crippen molar-refractivity contribution < 1.29 is 9.72 Å². The van der Waals surface area contributed by atoms with Crippen LogP contribution in [0.5, 0.6) is 0 Å². The summed E-state index contributed by atoms with van der Waals surface area (Å²) in [6, 6.07) is 13.4. The van der Waals surface area contributed by atoms with Crippen molar-refractivity contribution >= 4 is 45.1 Å². The van der Waals surface area contributed by atoms with E-state index in [1.165, 1.54) is 12.1 Å². The summed E-state index contributed by atoms with van der Waals surface area (Å²) >= 11 is 4.99. The van der Waals surface area contributed by atoms with Gasteiger partial charge >= 0.3 is 6.03 Å². The minimum atomic E-state index is -0.529. The molecule has 0 atom stereocenters. The standard InChI is InChI=1S/C15H14BrN3O3S/c16-11-5-7-12(8-6-11)23-10-9-17-15(20)18-13-3-1-2-4-14(13)19(21)22/h1-8H,9-10H2,(H2,17,18,20). The number of nitrogens with zero attached hydrogens (tertiary/aromatic N) is 1. The lowest BCUT2D eigenvalue weighted by atomic mass is 10.3. The smallest absolute Gasteiger partial charge is 0.319 e. The zero-order chi connectivity index (χ0) is 16.7. The van der Waals surface area contributed by atoms with Crippen molar-refractivity contribution in [2.24, 2.45) is 0 Å². The van der Waals surface area contributed by atoms with Crippen LogP contribution in [0.2, 0.25) is 0 Å². The molecule has 0 heterocycles. The molecule has 6 nitrogen and oxygen atoms in total. The maximum atomic E-state index is 11.8. The van der Waals surface area contributed by atoms with Gasteiger partial charge in [-0.25, -0.2) is 4.79 Å². The van der Waals surface area contributed by atoms with E-state index in [4.69, 9.17) is 0 Å². The lowest BCUT2D eigenvalue weighted by Crippen LogP contribution is -2.30. The normalized spacial score (nSPS) is 10.1. The van der Waals surface area contributed by atoms with Gasteiger partial charge in [-0.05, 0) is 30.3 Å². The Kier molecular flexibility index (Phi) is 6.42. The molecule has 0 aromatic heterocycles. The number of benzene rings is 2. The highest BCUT2D eigenvalue weighted by Gasteiger charge is 2.14. The molecule has 0 bridgehead atoms. The van der Waals surface area contributed by atoms with Crippen LogP contribution in [0.1, 0.15) is 0 Å². The van der Waals surface area contributed by atoms with E-state index >= 15 is 0 Å². The van der Waals surface area contributed by atoms with Gasteiger partial charge in [0.25, 0.3) is 5.69 Å². The predicted octanol–water partition coefficient (Wildman–Crippen LogP) is 4.27. The minimum absolute atomic E-state index is 0.133. The Morgan fingerprint density at radius 2 is 1.87 bits per heavy atom. The Bertz CT molecular complexity index is 695. The van der Waals surface area contributed by atoms with E-state index in [2.05, 4.69) is 26.6 Å². The molecule has 23 heavy (non-hydrogen) atoms. The van der Waals surface area contributed by atoms with Gasteiger partial charge in [-0.1, -0.05) is 28.1 Å². The maximum absolute atomic E-state index is 11.8. The molecular weight excluding hydrogens is 382 g/mol. The summed E-state index contributed by atoms with van der Waals surface area (Å²) in [5.41, 5.74) is 0.0439. The first kappa shape index (κ1) is 17.3. The summed E-state index contributed by atoms with van der Waals surface area (Å²) in [6.07, 6.45) is 0. The summed E-state index contributed by atoms with van der Waals surface area (Å²) in [6.45, 7) is 0.452. The van der Waals surface area contributed by atoms with Crippen LogP contribution in [0.3, 0.4) is 0 Å². The third-order valence-electron chi connectivity index (χ3n) is 2.82. The number of carbonyl (C=O) groups excluding carboxylic acids is 1. The van der Waals surface area contributed by atoms with Gasteiger partial charge < -0.3 is 10.6 Å². The highest BCUT2D eigenvalue weighted by Crippen LogP contribution is 2.23. The number of nitro benzene ring substituents is 1. The Hall–Kier alpha value is -2.06. The van der Waals surface area contributed by atoms with Gasteiger partial charge in [-0.3, -0.25) is 10.1 Å². The molecule has 2 amide bonds. The first-order chi connectivity index (χ1) is 11.1. The molecule has 0 radical (unpaired) electrons. The number of carbonyl (C=O) groups is 1. The van der Waals surface area contributed by atoms with Crippen molar-refractivity contribution in [2.75, 3.05) is 17.6 Å². The molecule has 0 fully saturated rings. The van der Waals surface area contributed by atoms with Gasteiger partial charge in [0, 0.05) is 27.7 Å². The number of urea groups is 1. The lowest BCUT2D eigenvalue weighted by molar-refractivity contribution is -0.383. The summed E-state index contributed by atoms with van der Waals surface area (Å²) in [5, 5.41) is 16.0. The first-order valence-corrected chi connectivity index (χ1v) is 8.51. The fourth-order valence-electron chi connectivity index (χ4n) is 1.77. The summed E-state index contributed by atoms with van der Waals surface area (Å²) < 4.78 is 1.02. The second-order valence-corrected chi connectivity index (χ2v) is 6.54. The van der Waals surface area contributed by atoms with Crippen LogP contribution in [0.15, 0.2) is 57.9 Å². The van der Waals surface area contributed by atoms with Gasteiger partial charge in [0.05, 0.1) is 4.92 Å². The van der Waals surface area contributed by atoms with Crippen molar-refractivity contribution in [3.8, 4) is 0 Å². The number of hydrogen-bond donors (Lipinski definition) is 2. The Morgan fingerprint density at radius 1 is 1.17 bits per heavy atom. The van der Waals surface area contributed by atoms with Crippen LogP contribution in [0.25, 0.3) is 0 Å². The van der Waals surface area contributed by atoms with Crippen molar-refractivity contribution in [1.82, 2.24) is 5.32 Å². The van der Waals surface area contributed by atoms with E-state index in [1.54, 1.807) is 23.9 Å². The van der Waals surface area contributed by atoms with Crippen LogP contribution >= 0.6 is 27.7 Å². The molecule has 0 aliphatic heterocycles. The fourth-order valence-corrected chi connectivity index (χ4v) is 2.80. The van der Waals surface area contributed by atoms with Crippen LogP contribution in [0, 0.1) is 10.1 Å². The minimum Gasteiger partial charge on any atom is -0.337 e. The van der Waals surface area contributed by atoms with Gasteiger partial charge in [0.1, 0.15) is 5.69 Å². The number of halogens is 1. The molecule has 2 aromatic rings. The number of nitro groups is 1. The Labute approximate surface area is 145 Å². The summed E-state index contributed by atoms with van der Waals surface area (Å²) in [5.74, 6) is 0.700. The highest BCUT2D eigenvalue weighted by molar-refractivity contribution is 9.10. The van der Waals surface area contributed by atoms with Gasteiger partial charge in [0.15, 0.2) is 0 Å². The molecule has 0 saturated carbocycles. The van der Waals surface area contributed by atoms with Crippen molar-refractivity contribution in [2.45, 2.75) is 4.90 Å². The van der Waals surface area contributed by atoms with E-state index in [1.807, 2.05) is 24.3 Å². The highest BCUT2D eigenvalue weighted by atomic mass is 79.9. The third-order valence-corrected chi connectivity index (χ3v) is 4.36. The molecule has 2 N–H and O–H groups in total. The molecule has 0 unspecified atom stereocenters. The topological polar surface area (TPSA) is 84.3 Å². The van der Waals surface area contributed by atoms with Gasteiger partial charge in [-0.2, -0.15) is 0 Å². The molecule has 120 valence electrons. The zero-order valence-electron chi connectivity index (χ0n) is 12.0. The summed E-state index contributed by atoms with van der Waals surface area (Å²) in [4.78, 5) is 23.2. The first-order valence-electron chi connectivity index (χ1n) is 6.73. The van der Waals surface area contributed by atoms with Crippen molar-refractivity contribution in [1.29, 1.82) is 0 Å². The number of nitrogens with one attached hydrogen (secondary N) is 2. The molecule has 0 saturated heterocycles. The monoisotopic (exact) mass is 395 g/mol. The van der Waals surface area contributed by atoms with Crippen LogP contribution in [-0.4, -0.2) is 23.3 Å². The van der Waals surface area contributed by atoms with E-state index in [9.17, 15) is 14.9 Å². The van der Waals surface area contributed by atoms with E-state index in [0.29, 0.717) is 12.3 Å². The number of para-hydroxylation sites is 2. The van der Waals surface area contributed by atoms with Crippen molar-refractivity contribution in [3.05, 3.63) is 63.1 Å². The second kappa shape index (κ2) is 8.54. The number of hydrogen-bond acceptors (Lipinski definition) is 4. The molecule has 8 heteroatoms. The molecule has 2 aromatic carbocycles.